The maximum Gasteiger partial charge on any atom is 0.208 e. The molecule has 0 saturated carbocycles. The summed E-state index contributed by atoms with van der Waals surface area (Å²) in [5.41, 5.74) is 7.38. The molecule has 0 aliphatic carbocycles. The number of hydrogen-bond acceptors (Lipinski definition) is 3. The molecular formula is C10H13ClN4. The van der Waals surface area contributed by atoms with E-state index in [1.54, 1.807) is 0 Å². The molecule has 5 heteroatoms. The summed E-state index contributed by atoms with van der Waals surface area (Å²) < 4.78 is 1.86. The van der Waals surface area contributed by atoms with Crippen molar-refractivity contribution in [3.63, 3.8) is 0 Å². The van der Waals surface area contributed by atoms with Crippen LogP contribution in [0.25, 0.3) is 5.52 Å². The average Bonchev–Trinajstić information content (AvgIpc) is 2.61. The predicted octanol–water partition coefficient (Wildman–Crippen LogP) is 1.45. The predicted molar refractivity (Wildman–Crippen MR) is 60.1 cm³/mol. The summed E-state index contributed by atoms with van der Waals surface area (Å²) in [5, 5.41) is 0.463. The number of aryl methyl sites for hydroxylation is 1. The molecule has 0 bridgehead atoms. The van der Waals surface area contributed by atoms with Crippen LogP contribution in [0.15, 0.2) is 12.3 Å². The normalized spacial score (nSPS) is 11.1. The molecule has 2 N–H and O–H groups in total. The first-order valence-electron chi connectivity index (χ1n) is 4.98. The third kappa shape index (κ3) is 1.82. The van der Waals surface area contributed by atoms with Crippen LogP contribution in [0, 0.1) is 0 Å². The van der Waals surface area contributed by atoms with Gasteiger partial charge in [-0.25, -0.2) is 9.97 Å². The molecule has 0 aliphatic rings. The van der Waals surface area contributed by atoms with Crippen LogP contribution >= 0.6 is 11.6 Å². The van der Waals surface area contributed by atoms with Gasteiger partial charge in [0.1, 0.15) is 5.82 Å². The summed E-state index contributed by atoms with van der Waals surface area (Å²) in [6.45, 7) is 2.62. The fourth-order valence-electron chi connectivity index (χ4n) is 1.62. The quantitative estimate of drug-likeness (QED) is 0.803. The van der Waals surface area contributed by atoms with Crippen molar-refractivity contribution in [1.29, 1.82) is 0 Å². The molecule has 80 valence electrons. The number of nitrogens with two attached hydrogens (primary N) is 1. The van der Waals surface area contributed by atoms with E-state index in [1.807, 2.05) is 23.6 Å². The molecule has 2 heterocycles. The van der Waals surface area contributed by atoms with Crippen LogP contribution < -0.4 is 5.73 Å². The van der Waals surface area contributed by atoms with Gasteiger partial charge >= 0.3 is 0 Å². The lowest BCUT2D eigenvalue weighted by atomic mass is 10.3. The van der Waals surface area contributed by atoms with E-state index >= 15 is 0 Å². The average molecular weight is 225 g/mol. The van der Waals surface area contributed by atoms with E-state index in [4.69, 9.17) is 17.3 Å². The lowest BCUT2D eigenvalue weighted by Gasteiger charge is -2.04. The van der Waals surface area contributed by atoms with Crippen LogP contribution in [-0.2, 0) is 12.8 Å². The molecule has 0 atom stereocenters. The zero-order chi connectivity index (χ0) is 10.8. The molecule has 0 unspecified atom stereocenters. The van der Waals surface area contributed by atoms with Crippen LogP contribution in [0.4, 0.5) is 0 Å². The molecule has 15 heavy (non-hydrogen) atoms. The minimum Gasteiger partial charge on any atom is -0.330 e. The van der Waals surface area contributed by atoms with Gasteiger partial charge in [0.2, 0.25) is 5.28 Å². The number of halogens is 1. The molecule has 0 saturated heterocycles. The van der Waals surface area contributed by atoms with Crippen LogP contribution in [0.3, 0.4) is 0 Å². The fraction of sp³-hybridized carbons (Fsp3) is 0.400. The minimum atomic E-state index is 0.463. The minimum absolute atomic E-state index is 0.463. The summed E-state index contributed by atoms with van der Waals surface area (Å²) in [4.78, 5) is 8.56. The molecule has 0 amide bonds. The number of rotatable bonds is 3. The van der Waals surface area contributed by atoms with E-state index in [0.29, 0.717) is 11.8 Å². The van der Waals surface area contributed by atoms with Gasteiger partial charge in [-0.15, -0.1) is 0 Å². The van der Waals surface area contributed by atoms with Crippen LogP contribution in [-0.4, -0.2) is 20.9 Å². The SMILES string of the molecule is CCc1ncc2cc(CCN)nc(Cl)n12. The van der Waals surface area contributed by atoms with Gasteiger partial charge < -0.3 is 5.73 Å². The number of hydrogen-bond donors (Lipinski definition) is 1. The maximum absolute atomic E-state index is 6.09. The van der Waals surface area contributed by atoms with Crippen molar-refractivity contribution in [2.24, 2.45) is 5.73 Å². The molecular weight excluding hydrogens is 212 g/mol. The Hall–Kier alpha value is -1.13. The van der Waals surface area contributed by atoms with Crippen LogP contribution in [0.5, 0.6) is 0 Å². The molecule has 0 aliphatic heterocycles. The first kappa shape index (κ1) is 10.4. The van der Waals surface area contributed by atoms with Crippen molar-refractivity contribution in [1.82, 2.24) is 14.4 Å². The van der Waals surface area contributed by atoms with Gasteiger partial charge in [0, 0.05) is 18.5 Å². The highest BCUT2D eigenvalue weighted by molar-refractivity contribution is 6.28. The highest BCUT2D eigenvalue weighted by Crippen LogP contribution is 2.15. The number of nitrogens with zero attached hydrogens (tertiary/aromatic N) is 3. The van der Waals surface area contributed by atoms with E-state index in [9.17, 15) is 0 Å². The summed E-state index contributed by atoms with van der Waals surface area (Å²) in [5.74, 6) is 0.932. The van der Waals surface area contributed by atoms with Crippen LogP contribution in [0.1, 0.15) is 18.4 Å². The Morgan fingerprint density at radius 3 is 3.00 bits per heavy atom. The molecule has 0 spiro atoms. The van der Waals surface area contributed by atoms with E-state index in [-0.39, 0.29) is 0 Å². The van der Waals surface area contributed by atoms with E-state index in [0.717, 1.165) is 29.9 Å². The second-order valence-corrected chi connectivity index (χ2v) is 3.68. The Morgan fingerprint density at radius 2 is 2.33 bits per heavy atom. The smallest absolute Gasteiger partial charge is 0.208 e. The standard InChI is InChI=1S/C10H13ClN4/c1-2-9-13-6-8-5-7(3-4-12)14-10(11)15(8)9/h5-6H,2-4,12H2,1H3. The largest absolute Gasteiger partial charge is 0.330 e. The Morgan fingerprint density at radius 1 is 1.53 bits per heavy atom. The monoisotopic (exact) mass is 224 g/mol. The first-order chi connectivity index (χ1) is 7.26. The van der Waals surface area contributed by atoms with Crippen molar-refractivity contribution in [2.75, 3.05) is 6.54 Å². The van der Waals surface area contributed by atoms with Crippen molar-refractivity contribution in [3.8, 4) is 0 Å². The van der Waals surface area contributed by atoms with Gasteiger partial charge in [0.05, 0.1) is 11.7 Å². The van der Waals surface area contributed by atoms with Crippen molar-refractivity contribution in [2.45, 2.75) is 19.8 Å². The van der Waals surface area contributed by atoms with Gasteiger partial charge in [0.15, 0.2) is 0 Å². The maximum atomic E-state index is 6.09. The third-order valence-electron chi connectivity index (χ3n) is 2.31. The number of fused-ring (bicyclic) bond motifs is 1. The molecule has 0 radical (unpaired) electrons. The van der Waals surface area contributed by atoms with Crippen LogP contribution in [0.2, 0.25) is 5.28 Å². The topological polar surface area (TPSA) is 56.2 Å². The fourth-order valence-corrected chi connectivity index (χ4v) is 1.92. The second kappa shape index (κ2) is 4.16. The van der Waals surface area contributed by atoms with E-state index < -0.39 is 0 Å². The molecule has 0 fully saturated rings. The molecule has 2 aromatic rings. The van der Waals surface area contributed by atoms with Gasteiger partial charge in [-0.2, -0.15) is 0 Å². The Kier molecular flexibility index (Phi) is 2.88. The van der Waals surface area contributed by atoms with Gasteiger partial charge in [0.25, 0.3) is 0 Å². The van der Waals surface area contributed by atoms with Crippen molar-refractivity contribution >= 4 is 17.1 Å². The Labute approximate surface area is 93.1 Å². The van der Waals surface area contributed by atoms with Gasteiger partial charge in [-0.05, 0) is 24.2 Å². The molecule has 2 aromatic heterocycles. The lowest BCUT2D eigenvalue weighted by Crippen LogP contribution is -2.06. The molecule has 4 nitrogen and oxygen atoms in total. The highest BCUT2D eigenvalue weighted by Gasteiger charge is 2.07. The summed E-state index contributed by atoms with van der Waals surface area (Å²) in [6.07, 6.45) is 3.39. The van der Waals surface area contributed by atoms with E-state index in [1.165, 1.54) is 0 Å². The summed E-state index contributed by atoms with van der Waals surface area (Å²) in [6, 6.07) is 1.98. The van der Waals surface area contributed by atoms with E-state index in [2.05, 4.69) is 9.97 Å². The van der Waals surface area contributed by atoms with Gasteiger partial charge in [-0.3, -0.25) is 4.40 Å². The molecule has 2 rings (SSSR count). The van der Waals surface area contributed by atoms with Crippen molar-refractivity contribution < 1.29 is 0 Å². The second-order valence-electron chi connectivity index (χ2n) is 3.34. The highest BCUT2D eigenvalue weighted by atomic mass is 35.5. The molecule has 0 aromatic carbocycles. The number of imidazole rings is 1. The van der Waals surface area contributed by atoms with Crippen molar-refractivity contribution in [3.05, 3.63) is 29.1 Å². The Balaban J connectivity index is 2.58. The first-order valence-corrected chi connectivity index (χ1v) is 5.36. The number of aromatic nitrogens is 3. The zero-order valence-corrected chi connectivity index (χ0v) is 9.33. The zero-order valence-electron chi connectivity index (χ0n) is 8.57. The van der Waals surface area contributed by atoms with Gasteiger partial charge in [-0.1, -0.05) is 6.92 Å². The third-order valence-corrected chi connectivity index (χ3v) is 2.57. The Bertz CT molecular complexity index is 477. The summed E-state index contributed by atoms with van der Waals surface area (Å²) >= 11 is 6.09. The summed E-state index contributed by atoms with van der Waals surface area (Å²) in [7, 11) is 0. The lowest BCUT2D eigenvalue weighted by molar-refractivity contribution is 0.874.